The topological polar surface area (TPSA) is 61.4 Å². The summed E-state index contributed by atoms with van der Waals surface area (Å²) in [6.45, 7) is 1.79. The highest BCUT2D eigenvalue weighted by molar-refractivity contribution is 7.99. The molecule has 1 aliphatic heterocycles. The van der Waals surface area contributed by atoms with Crippen LogP contribution in [0.4, 0.5) is 5.69 Å². The van der Waals surface area contributed by atoms with Crippen LogP contribution in [0.2, 0.25) is 0 Å². The van der Waals surface area contributed by atoms with Crippen molar-refractivity contribution in [2.45, 2.75) is 18.8 Å². The number of carbonyl (C=O) groups excluding carboxylic acids is 1. The maximum Gasteiger partial charge on any atom is 0.220 e. The summed E-state index contributed by atoms with van der Waals surface area (Å²) in [7, 11) is 0. The molecule has 1 aliphatic rings. The number of nitrogens with one attached hydrogen (secondary N) is 2. The van der Waals surface area contributed by atoms with Gasteiger partial charge in [0.05, 0.1) is 0 Å². The summed E-state index contributed by atoms with van der Waals surface area (Å²) in [5.74, 6) is 2.27. The van der Waals surface area contributed by atoms with Gasteiger partial charge in [0.1, 0.15) is 0 Å². The van der Waals surface area contributed by atoms with E-state index in [-0.39, 0.29) is 18.4 Å². The lowest BCUT2D eigenvalue weighted by atomic mass is 9.98. The van der Waals surface area contributed by atoms with Gasteiger partial charge in [-0.3, -0.25) is 4.79 Å². The highest BCUT2D eigenvalue weighted by atomic mass is 32.2. The van der Waals surface area contributed by atoms with E-state index in [1.54, 1.807) is 11.8 Å². The van der Waals surface area contributed by atoms with Crippen molar-refractivity contribution in [3.8, 4) is 0 Å². The van der Waals surface area contributed by atoms with Gasteiger partial charge in [0, 0.05) is 43.5 Å². The van der Waals surface area contributed by atoms with Crippen molar-refractivity contribution in [1.82, 2.24) is 5.32 Å². The number of para-hydroxylation sites is 1. The molecular formula is C15H22N2O2S. The minimum atomic E-state index is 0.122. The van der Waals surface area contributed by atoms with Crippen LogP contribution in [0.1, 0.15) is 24.3 Å². The first kappa shape index (κ1) is 15.2. The molecule has 0 bridgehead atoms. The monoisotopic (exact) mass is 294 g/mol. The van der Waals surface area contributed by atoms with E-state index in [1.807, 2.05) is 12.1 Å². The van der Waals surface area contributed by atoms with Gasteiger partial charge in [-0.25, -0.2) is 0 Å². The third-order valence-electron chi connectivity index (χ3n) is 3.39. The molecule has 2 rings (SSSR count). The van der Waals surface area contributed by atoms with E-state index in [2.05, 4.69) is 22.8 Å². The molecular weight excluding hydrogens is 272 g/mol. The molecule has 0 saturated heterocycles. The smallest absolute Gasteiger partial charge is 0.220 e. The number of fused-ring (bicyclic) bond motifs is 1. The van der Waals surface area contributed by atoms with E-state index in [9.17, 15) is 4.79 Å². The second kappa shape index (κ2) is 8.17. The molecule has 1 heterocycles. The maximum atomic E-state index is 11.9. The number of rotatable bonds is 8. The molecule has 4 nitrogen and oxygen atoms in total. The van der Waals surface area contributed by atoms with Gasteiger partial charge < -0.3 is 15.7 Å². The van der Waals surface area contributed by atoms with Crippen molar-refractivity contribution in [1.29, 1.82) is 0 Å². The van der Waals surface area contributed by atoms with Gasteiger partial charge in [-0.1, -0.05) is 18.2 Å². The Morgan fingerprint density at radius 3 is 3.10 bits per heavy atom. The molecule has 3 N–H and O–H groups in total. The largest absolute Gasteiger partial charge is 0.396 e. The molecule has 0 fully saturated rings. The van der Waals surface area contributed by atoms with Gasteiger partial charge in [0.2, 0.25) is 5.91 Å². The molecule has 0 spiro atoms. The summed E-state index contributed by atoms with van der Waals surface area (Å²) < 4.78 is 0. The summed E-state index contributed by atoms with van der Waals surface area (Å²) in [5, 5.41) is 15.0. The van der Waals surface area contributed by atoms with Gasteiger partial charge in [-0.15, -0.1) is 0 Å². The van der Waals surface area contributed by atoms with Crippen molar-refractivity contribution in [3.63, 3.8) is 0 Å². The molecule has 5 heteroatoms. The number of thioether (sulfide) groups is 1. The second-order valence-corrected chi connectivity index (χ2v) is 6.13. The number of amides is 1. The zero-order chi connectivity index (χ0) is 14.2. The van der Waals surface area contributed by atoms with Crippen LogP contribution in [-0.2, 0) is 4.79 Å². The fourth-order valence-electron chi connectivity index (χ4n) is 2.37. The lowest BCUT2D eigenvalue weighted by Crippen LogP contribution is -2.27. The Morgan fingerprint density at radius 1 is 1.40 bits per heavy atom. The van der Waals surface area contributed by atoms with Gasteiger partial charge in [-0.05, 0) is 23.8 Å². The maximum absolute atomic E-state index is 11.9. The number of hydrogen-bond acceptors (Lipinski definition) is 4. The average Bonchev–Trinajstić information content (AvgIpc) is 2.86. The predicted molar refractivity (Wildman–Crippen MR) is 84.3 cm³/mol. The zero-order valence-corrected chi connectivity index (χ0v) is 12.4. The van der Waals surface area contributed by atoms with Crippen LogP contribution in [0.3, 0.4) is 0 Å². The summed E-state index contributed by atoms with van der Waals surface area (Å²) in [6, 6.07) is 8.19. The van der Waals surface area contributed by atoms with Crippen LogP contribution < -0.4 is 10.6 Å². The first-order valence-corrected chi connectivity index (χ1v) is 8.25. The summed E-state index contributed by atoms with van der Waals surface area (Å²) in [5.41, 5.74) is 2.41. The molecule has 20 heavy (non-hydrogen) atoms. The van der Waals surface area contributed by atoms with Crippen LogP contribution in [0.25, 0.3) is 0 Å². The van der Waals surface area contributed by atoms with Crippen molar-refractivity contribution in [3.05, 3.63) is 29.8 Å². The van der Waals surface area contributed by atoms with Crippen LogP contribution >= 0.6 is 11.8 Å². The Labute approximate surface area is 124 Å². The first-order valence-electron chi connectivity index (χ1n) is 7.09. The number of benzene rings is 1. The van der Waals surface area contributed by atoms with Crippen molar-refractivity contribution in [2.24, 2.45) is 0 Å². The Morgan fingerprint density at radius 2 is 2.25 bits per heavy atom. The van der Waals surface area contributed by atoms with Crippen LogP contribution in [0.5, 0.6) is 0 Å². The summed E-state index contributed by atoms with van der Waals surface area (Å²) in [6.07, 6.45) is 1.37. The lowest BCUT2D eigenvalue weighted by molar-refractivity contribution is -0.121. The fourth-order valence-corrected chi connectivity index (χ4v) is 3.15. The van der Waals surface area contributed by atoms with Crippen LogP contribution in [-0.4, -0.2) is 42.2 Å². The van der Waals surface area contributed by atoms with Gasteiger partial charge in [-0.2, -0.15) is 11.8 Å². The van der Waals surface area contributed by atoms with Gasteiger partial charge in [0.25, 0.3) is 0 Å². The highest BCUT2D eigenvalue weighted by Crippen LogP contribution is 2.32. The second-order valence-electron chi connectivity index (χ2n) is 4.91. The average molecular weight is 294 g/mol. The van der Waals surface area contributed by atoms with Crippen LogP contribution in [0, 0.1) is 0 Å². The minimum absolute atomic E-state index is 0.122. The Hall–Kier alpha value is -1.20. The summed E-state index contributed by atoms with van der Waals surface area (Å²) >= 11 is 1.76. The fraction of sp³-hybridized carbons (Fsp3) is 0.533. The Bertz CT molecular complexity index is 440. The highest BCUT2D eigenvalue weighted by Gasteiger charge is 2.23. The minimum Gasteiger partial charge on any atom is -0.396 e. The van der Waals surface area contributed by atoms with E-state index in [1.165, 1.54) is 5.56 Å². The lowest BCUT2D eigenvalue weighted by Gasteiger charge is -2.10. The van der Waals surface area contributed by atoms with Crippen molar-refractivity contribution in [2.75, 3.05) is 36.5 Å². The van der Waals surface area contributed by atoms with Crippen molar-refractivity contribution < 1.29 is 9.90 Å². The predicted octanol–water partition coefficient (Wildman–Crippen LogP) is 1.82. The molecule has 1 atom stereocenters. The summed E-state index contributed by atoms with van der Waals surface area (Å²) in [4.78, 5) is 11.9. The molecule has 0 saturated carbocycles. The Balaban J connectivity index is 1.66. The molecule has 0 aromatic heterocycles. The molecule has 0 aliphatic carbocycles. The number of hydrogen-bond donors (Lipinski definition) is 3. The molecule has 0 radical (unpaired) electrons. The molecule has 1 amide bonds. The van der Waals surface area contributed by atoms with E-state index in [0.717, 1.165) is 30.2 Å². The van der Waals surface area contributed by atoms with E-state index in [0.29, 0.717) is 13.0 Å². The van der Waals surface area contributed by atoms with Gasteiger partial charge >= 0.3 is 0 Å². The molecule has 110 valence electrons. The van der Waals surface area contributed by atoms with Gasteiger partial charge in [0.15, 0.2) is 0 Å². The molecule has 1 unspecified atom stereocenters. The third kappa shape index (κ3) is 4.42. The number of anilines is 1. The number of carbonyl (C=O) groups is 1. The van der Waals surface area contributed by atoms with Crippen LogP contribution in [0.15, 0.2) is 24.3 Å². The zero-order valence-electron chi connectivity index (χ0n) is 11.6. The number of aliphatic hydroxyl groups is 1. The van der Waals surface area contributed by atoms with E-state index < -0.39 is 0 Å². The van der Waals surface area contributed by atoms with E-state index in [4.69, 9.17) is 5.11 Å². The Kier molecular flexibility index (Phi) is 6.21. The SMILES string of the molecule is O=C(CC1CNc2ccccc21)NCCSCCCO. The molecule has 1 aromatic carbocycles. The normalized spacial score (nSPS) is 16.6. The first-order chi connectivity index (χ1) is 9.81. The van der Waals surface area contributed by atoms with E-state index >= 15 is 0 Å². The van der Waals surface area contributed by atoms with Crippen molar-refractivity contribution >= 4 is 23.4 Å². The standard InChI is InChI=1S/C15H22N2O2S/c18-7-3-8-20-9-6-16-15(19)10-12-11-17-14-5-2-1-4-13(12)14/h1-2,4-5,12,17-18H,3,6-11H2,(H,16,19). The molecule has 1 aromatic rings. The quantitative estimate of drug-likeness (QED) is 0.640. The third-order valence-corrected chi connectivity index (χ3v) is 4.46. The number of aliphatic hydroxyl groups excluding tert-OH is 1.